The highest BCUT2D eigenvalue weighted by atomic mass is 16.1. The summed E-state index contributed by atoms with van der Waals surface area (Å²) in [6.07, 6.45) is 4.01. The van der Waals surface area contributed by atoms with E-state index < -0.39 is 0 Å². The largest absolute Gasteiger partial charge is 0.363 e. The Bertz CT molecular complexity index is 576. The molecule has 1 saturated heterocycles. The average molecular weight is 231 g/mol. The number of rotatable bonds is 2. The summed E-state index contributed by atoms with van der Waals surface area (Å²) in [5.74, 6) is 0.855. The Balaban J connectivity index is 1.92. The van der Waals surface area contributed by atoms with Gasteiger partial charge in [-0.1, -0.05) is 0 Å². The van der Waals surface area contributed by atoms with E-state index in [0.717, 1.165) is 17.0 Å². The first kappa shape index (κ1) is 10.1. The molecule has 1 amide bonds. The molecule has 1 unspecified atom stereocenters. The summed E-state index contributed by atoms with van der Waals surface area (Å²) in [6.45, 7) is 2.59. The van der Waals surface area contributed by atoms with E-state index in [1.165, 1.54) is 0 Å². The van der Waals surface area contributed by atoms with Gasteiger partial charge in [-0.3, -0.25) is 4.79 Å². The van der Waals surface area contributed by atoms with E-state index >= 15 is 0 Å². The Morgan fingerprint density at radius 3 is 3.24 bits per heavy atom. The summed E-state index contributed by atoms with van der Waals surface area (Å²) in [4.78, 5) is 15.4. The molecule has 1 aliphatic heterocycles. The Kier molecular flexibility index (Phi) is 2.21. The quantitative estimate of drug-likeness (QED) is 0.781. The fourth-order valence-electron chi connectivity index (χ4n) is 2.06. The molecular weight excluding hydrogens is 218 g/mol. The van der Waals surface area contributed by atoms with Crippen LogP contribution in [0.3, 0.4) is 0 Å². The van der Waals surface area contributed by atoms with E-state index in [4.69, 9.17) is 0 Å². The zero-order valence-electron chi connectivity index (χ0n) is 9.47. The van der Waals surface area contributed by atoms with Crippen molar-refractivity contribution in [2.24, 2.45) is 0 Å². The summed E-state index contributed by atoms with van der Waals surface area (Å²) in [6, 6.07) is 2.08. The number of carbonyl (C=O) groups is 1. The lowest BCUT2D eigenvalue weighted by molar-refractivity contribution is -0.119. The van der Waals surface area contributed by atoms with Gasteiger partial charge in [0.25, 0.3) is 0 Å². The van der Waals surface area contributed by atoms with E-state index in [1.807, 2.05) is 19.2 Å². The molecule has 0 bridgehead atoms. The van der Waals surface area contributed by atoms with E-state index in [1.54, 1.807) is 10.7 Å². The van der Waals surface area contributed by atoms with Crippen LogP contribution in [0.2, 0.25) is 0 Å². The zero-order valence-corrected chi connectivity index (χ0v) is 9.47. The van der Waals surface area contributed by atoms with Gasteiger partial charge in [-0.2, -0.15) is 5.10 Å². The predicted molar refractivity (Wildman–Crippen MR) is 62.8 cm³/mol. The SMILES string of the molecule is Cc1cc2c(NC3CNC(=O)C3)nccn2n1. The minimum absolute atomic E-state index is 0.0825. The number of nitrogens with one attached hydrogen (secondary N) is 2. The average Bonchev–Trinajstić information content (AvgIpc) is 2.84. The van der Waals surface area contributed by atoms with Crippen molar-refractivity contribution in [3.63, 3.8) is 0 Å². The molecule has 0 saturated carbocycles. The molecule has 2 aromatic rings. The molecule has 3 heterocycles. The second-order valence-electron chi connectivity index (χ2n) is 4.24. The molecule has 2 N–H and O–H groups in total. The number of fused-ring (bicyclic) bond motifs is 1. The Morgan fingerprint density at radius 2 is 2.47 bits per heavy atom. The minimum Gasteiger partial charge on any atom is -0.363 e. The summed E-state index contributed by atoms with van der Waals surface area (Å²) in [5.41, 5.74) is 1.88. The van der Waals surface area contributed by atoms with Gasteiger partial charge in [-0.25, -0.2) is 9.50 Å². The summed E-state index contributed by atoms with van der Waals surface area (Å²) < 4.78 is 1.79. The standard InChI is InChI=1S/C11H13N5O/c1-7-4-9-11(12-2-3-16(9)15-7)14-8-5-10(17)13-6-8/h2-4,8H,5-6H2,1H3,(H,12,14)(H,13,17). The second kappa shape index (κ2) is 3.73. The molecule has 1 aliphatic rings. The number of anilines is 1. The Hall–Kier alpha value is -2.11. The maximum absolute atomic E-state index is 11.1. The predicted octanol–water partition coefficient (Wildman–Crippen LogP) is 0.338. The van der Waals surface area contributed by atoms with E-state index in [9.17, 15) is 4.79 Å². The third-order valence-corrected chi connectivity index (χ3v) is 2.83. The van der Waals surface area contributed by atoms with Crippen LogP contribution in [0.5, 0.6) is 0 Å². The topological polar surface area (TPSA) is 71.3 Å². The van der Waals surface area contributed by atoms with Crippen molar-refractivity contribution < 1.29 is 4.79 Å². The number of nitrogens with zero attached hydrogens (tertiary/aromatic N) is 3. The zero-order chi connectivity index (χ0) is 11.8. The number of amides is 1. The van der Waals surface area contributed by atoms with E-state index in [2.05, 4.69) is 20.7 Å². The lowest BCUT2D eigenvalue weighted by Gasteiger charge is -2.11. The maximum Gasteiger partial charge on any atom is 0.222 e. The van der Waals surface area contributed by atoms with Crippen molar-refractivity contribution >= 4 is 17.2 Å². The Labute approximate surface area is 98.0 Å². The molecule has 1 fully saturated rings. The van der Waals surface area contributed by atoms with Gasteiger partial charge in [0, 0.05) is 25.4 Å². The maximum atomic E-state index is 11.1. The fraction of sp³-hybridized carbons (Fsp3) is 0.364. The first-order valence-corrected chi connectivity index (χ1v) is 5.56. The van der Waals surface area contributed by atoms with Gasteiger partial charge in [0.15, 0.2) is 5.82 Å². The van der Waals surface area contributed by atoms with Gasteiger partial charge in [0.1, 0.15) is 5.52 Å². The van der Waals surface area contributed by atoms with Gasteiger partial charge in [0.05, 0.1) is 11.7 Å². The summed E-state index contributed by atoms with van der Waals surface area (Å²) in [5, 5.41) is 10.4. The van der Waals surface area contributed by atoms with Crippen LogP contribution in [0.25, 0.3) is 5.52 Å². The molecular formula is C11H13N5O. The molecule has 0 spiro atoms. The molecule has 88 valence electrons. The highest BCUT2D eigenvalue weighted by Gasteiger charge is 2.22. The minimum atomic E-state index is 0.0825. The molecule has 6 heteroatoms. The van der Waals surface area contributed by atoms with Crippen molar-refractivity contribution in [3.05, 3.63) is 24.2 Å². The highest BCUT2D eigenvalue weighted by molar-refractivity contribution is 5.80. The lowest BCUT2D eigenvalue weighted by Crippen LogP contribution is -2.23. The van der Waals surface area contributed by atoms with Crippen molar-refractivity contribution in [1.29, 1.82) is 0 Å². The monoisotopic (exact) mass is 231 g/mol. The van der Waals surface area contributed by atoms with Crippen LogP contribution in [-0.4, -0.2) is 33.1 Å². The number of carbonyl (C=O) groups excluding carboxylic acids is 1. The summed E-state index contributed by atoms with van der Waals surface area (Å²) >= 11 is 0. The molecule has 0 aromatic carbocycles. The molecule has 1 atom stereocenters. The lowest BCUT2D eigenvalue weighted by atomic mass is 10.2. The van der Waals surface area contributed by atoms with Gasteiger partial charge in [-0.05, 0) is 13.0 Å². The number of hydrogen-bond donors (Lipinski definition) is 2. The van der Waals surface area contributed by atoms with E-state index in [-0.39, 0.29) is 11.9 Å². The molecule has 0 radical (unpaired) electrons. The van der Waals surface area contributed by atoms with Gasteiger partial charge >= 0.3 is 0 Å². The van der Waals surface area contributed by atoms with Crippen LogP contribution in [0.15, 0.2) is 18.5 Å². The number of hydrogen-bond acceptors (Lipinski definition) is 4. The number of aromatic nitrogens is 3. The van der Waals surface area contributed by atoms with Crippen molar-refractivity contribution in [2.75, 3.05) is 11.9 Å². The van der Waals surface area contributed by atoms with Crippen LogP contribution in [-0.2, 0) is 4.79 Å². The van der Waals surface area contributed by atoms with Crippen LogP contribution in [0, 0.1) is 6.92 Å². The highest BCUT2D eigenvalue weighted by Crippen LogP contribution is 2.17. The Morgan fingerprint density at radius 1 is 1.59 bits per heavy atom. The van der Waals surface area contributed by atoms with Crippen molar-refractivity contribution in [3.8, 4) is 0 Å². The van der Waals surface area contributed by atoms with Gasteiger partial charge in [-0.15, -0.1) is 0 Å². The molecule has 2 aromatic heterocycles. The first-order chi connectivity index (χ1) is 8.22. The summed E-state index contributed by atoms with van der Waals surface area (Å²) in [7, 11) is 0. The van der Waals surface area contributed by atoms with Crippen LogP contribution >= 0.6 is 0 Å². The third-order valence-electron chi connectivity index (χ3n) is 2.83. The van der Waals surface area contributed by atoms with Crippen molar-refractivity contribution in [2.45, 2.75) is 19.4 Å². The van der Waals surface area contributed by atoms with Crippen LogP contribution < -0.4 is 10.6 Å². The van der Waals surface area contributed by atoms with E-state index in [0.29, 0.717) is 13.0 Å². The van der Waals surface area contributed by atoms with Gasteiger partial charge < -0.3 is 10.6 Å². The van der Waals surface area contributed by atoms with Crippen molar-refractivity contribution in [1.82, 2.24) is 19.9 Å². The van der Waals surface area contributed by atoms with Crippen LogP contribution in [0.4, 0.5) is 5.82 Å². The normalized spacial score (nSPS) is 19.6. The second-order valence-corrected chi connectivity index (χ2v) is 4.24. The number of aryl methyl sites for hydroxylation is 1. The molecule has 6 nitrogen and oxygen atoms in total. The molecule has 17 heavy (non-hydrogen) atoms. The van der Waals surface area contributed by atoms with Gasteiger partial charge in [0.2, 0.25) is 5.91 Å². The third kappa shape index (κ3) is 1.82. The molecule has 3 rings (SSSR count). The molecule has 0 aliphatic carbocycles. The fourth-order valence-corrected chi connectivity index (χ4v) is 2.06. The first-order valence-electron chi connectivity index (χ1n) is 5.56. The smallest absolute Gasteiger partial charge is 0.222 e. The van der Waals surface area contributed by atoms with Crippen LogP contribution in [0.1, 0.15) is 12.1 Å².